The van der Waals surface area contributed by atoms with E-state index in [4.69, 9.17) is 11.6 Å². The van der Waals surface area contributed by atoms with E-state index in [1.165, 1.54) is 18.2 Å². The van der Waals surface area contributed by atoms with Crippen molar-refractivity contribution in [1.82, 2.24) is 14.7 Å². The summed E-state index contributed by atoms with van der Waals surface area (Å²) >= 11 is 6.45. The zero-order valence-electron chi connectivity index (χ0n) is 23.3. The molecular weight excluding hydrogens is 585 g/mol. The van der Waals surface area contributed by atoms with Crippen molar-refractivity contribution in [1.29, 1.82) is 5.26 Å². The van der Waals surface area contributed by atoms with Gasteiger partial charge in [0.05, 0.1) is 45.3 Å². The average molecular weight is 615 g/mol. The highest BCUT2D eigenvalue weighted by atomic mass is 35.5. The van der Waals surface area contributed by atoms with E-state index in [1.54, 1.807) is 4.90 Å². The topological polar surface area (TPSA) is 116 Å². The van der Waals surface area contributed by atoms with Gasteiger partial charge in [-0.2, -0.15) is 28.2 Å². The van der Waals surface area contributed by atoms with Crippen LogP contribution in [-0.2, 0) is 27.8 Å². The number of carbonyl (C=O) groups is 3. The monoisotopic (exact) mass is 614 g/mol. The Morgan fingerprint density at radius 2 is 1.86 bits per heavy atom. The lowest BCUT2D eigenvalue weighted by atomic mass is 9.82. The molecule has 1 N–H and O–H groups in total. The van der Waals surface area contributed by atoms with Crippen LogP contribution in [0, 0.1) is 29.1 Å². The fourth-order valence-corrected chi connectivity index (χ4v) is 7.18. The fourth-order valence-electron chi connectivity index (χ4n) is 6.92. The largest absolute Gasteiger partial charge is 0.481 e. The molecule has 0 radical (unpaired) electrons. The van der Waals surface area contributed by atoms with Gasteiger partial charge in [0.25, 0.3) is 5.91 Å². The zero-order valence-corrected chi connectivity index (χ0v) is 24.0. The van der Waals surface area contributed by atoms with Crippen molar-refractivity contribution in [2.45, 2.75) is 69.4 Å². The lowest BCUT2D eigenvalue weighted by molar-refractivity contribution is -0.160. The van der Waals surface area contributed by atoms with Gasteiger partial charge in [-0.05, 0) is 68.6 Å². The summed E-state index contributed by atoms with van der Waals surface area (Å²) in [6.07, 6.45) is -0.240. The summed E-state index contributed by atoms with van der Waals surface area (Å²) < 4.78 is 43.8. The van der Waals surface area contributed by atoms with E-state index in [9.17, 15) is 37.9 Å². The van der Waals surface area contributed by atoms with E-state index >= 15 is 0 Å². The van der Waals surface area contributed by atoms with Crippen LogP contribution in [0.5, 0.6) is 0 Å². The Hall–Kier alpha value is -3.65. The number of benzene rings is 1. The van der Waals surface area contributed by atoms with Crippen LogP contribution in [0.15, 0.2) is 24.3 Å². The third-order valence-corrected chi connectivity index (χ3v) is 9.91. The summed E-state index contributed by atoms with van der Waals surface area (Å²) in [5.74, 6) is -3.00. The SMILES string of the molecule is N#CC1CCN(C(=O)C2CCc3c(C4=CCC(C(=O)O)CC4)nn(C(=O)c4c(Cl)cccc4C4(C(F)(F)F)CC4)c3C2)C1. The van der Waals surface area contributed by atoms with Gasteiger partial charge in [0.2, 0.25) is 5.91 Å². The molecule has 6 rings (SSSR count). The number of amides is 1. The first-order valence-corrected chi connectivity index (χ1v) is 14.9. The lowest BCUT2D eigenvalue weighted by Gasteiger charge is -2.27. The summed E-state index contributed by atoms with van der Waals surface area (Å²) in [7, 11) is 0. The maximum Gasteiger partial charge on any atom is 0.398 e. The molecule has 1 amide bonds. The highest BCUT2D eigenvalue weighted by Crippen LogP contribution is 2.60. The van der Waals surface area contributed by atoms with Crippen molar-refractivity contribution in [2.75, 3.05) is 13.1 Å². The summed E-state index contributed by atoms with van der Waals surface area (Å²) in [6.45, 7) is 0.826. The molecule has 2 heterocycles. The molecule has 1 aliphatic heterocycles. The van der Waals surface area contributed by atoms with Gasteiger partial charge in [-0.15, -0.1) is 0 Å². The Morgan fingerprint density at radius 3 is 2.47 bits per heavy atom. The summed E-state index contributed by atoms with van der Waals surface area (Å²) in [4.78, 5) is 40.9. The minimum atomic E-state index is -4.57. The van der Waals surface area contributed by atoms with Crippen molar-refractivity contribution >= 4 is 35.0 Å². The second kappa shape index (κ2) is 10.8. The first-order valence-electron chi connectivity index (χ1n) is 14.6. The number of carboxylic acids is 1. The summed E-state index contributed by atoms with van der Waals surface area (Å²) in [5.41, 5.74) is -0.0488. The van der Waals surface area contributed by atoms with Crippen LogP contribution >= 0.6 is 11.6 Å². The van der Waals surface area contributed by atoms with E-state index < -0.39 is 35.3 Å². The molecular formula is C31H30ClF3N4O4. The number of hydrogen-bond acceptors (Lipinski definition) is 5. The number of alkyl halides is 3. The van der Waals surface area contributed by atoms with Crippen molar-refractivity contribution in [2.24, 2.45) is 17.8 Å². The third kappa shape index (κ3) is 5.03. The molecule has 2 fully saturated rings. The molecule has 0 spiro atoms. The first-order chi connectivity index (χ1) is 20.4. The van der Waals surface area contributed by atoms with Crippen LogP contribution < -0.4 is 0 Å². The van der Waals surface area contributed by atoms with E-state index in [0.717, 1.165) is 15.8 Å². The number of aliphatic carboxylic acids is 1. The number of nitriles is 1. The van der Waals surface area contributed by atoms with Crippen LogP contribution in [0.1, 0.15) is 77.8 Å². The van der Waals surface area contributed by atoms with Gasteiger partial charge >= 0.3 is 12.1 Å². The number of rotatable bonds is 5. The quantitative estimate of drug-likeness (QED) is 0.471. The second-order valence-electron chi connectivity index (χ2n) is 12.1. The molecule has 0 bridgehead atoms. The molecule has 8 nitrogen and oxygen atoms in total. The van der Waals surface area contributed by atoms with E-state index in [-0.39, 0.29) is 47.2 Å². The van der Waals surface area contributed by atoms with Crippen molar-refractivity contribution in [3.63, 3.8) is 0 Å². The Balaban J connectivity index is 1.41. The van der Waals surface area contributed by atoms with Gasteiger partial charge in [0, 0.05) is 31.0 Å². The minimum absolute atomic E-state index is 0.104. The molecule has 1 aromatic heterocycles. The van der Waals surface area contributed by atoms with Crippen LogP contribution in [0.3, 0.4) is 0 Å². The van der Waals surface area contributed by atoms with E-state index in [2.05, 4.69) is 11.2 Å². The Bertz CT molecular complexity index is 1590. The van der Waals surface area contributed by atoms with Crippen LogP contribution in [0.2, 0.25) is 5.02 Å². The van der Waals surface area contributed by atoms with Crippen molar-refractivity contribution in [3.8, 4) is 6.07 Å². The third-order valence-electron chi connectivity index (χ3n) is 9.60. The molecule has 226 valence electrons. The number of aromatic nitrogens is 2. The van der Waals surface area contributed by atoms with Gasteiger partial charge in [-0.3, -0.25) is 14.4 Å². The number of nitrogens with zero attached hydrogens (tertiary/aromatic N) is 4. The normalized spacial score (nSPS) is 24.6. The molecule has 4 aliphatic rings. The Morgan fingerprint density at radius 1 is 1.12 bits per heavy atom. The molecule has 12 heteroatoms. The molecule has 3 aliphatic carbocycles. The molecule has 2 aromatic rings. The number of hydrogen-bond donors (Lipinski definition) is 1. The van der Waals surface area contributed by atoms with Gasteiger partial charge in [-0.1, -0.05) is 29.8 Å². The number of carboxylic acid groups (broad SMARTS) is 1. The van der Waals surface area contributed by atoms with Crippen molar-refractivity contribution < 1.29 is 32.7 Å². The molecule has 1 saturated heterocycles. The van der Waals surface area contributed by atoms with Crippen molar-refractivity contribution in [3.05, 3.63) is 57.4 Å². The minimum Gasteiger partial charge on any atom is -0.481 e. The van der Waals surface area contributed by atoms with Crippen LogP contribution in [0.25, 0.3) is 5.57 Å². The van der Waals surface area contributed by atoms with Gasteiger partial charge in [0.15, 0.2) is 0 Å². The standard InChI is InChI=1S/C31H30ClF3N4O4/c32-23-3-1-2-22(30(11-12-30)31(33,34)35)25(23)28(41)39-24-14-20(27(40)38-13-10-17(15-36)16-38)8-9-21(24)26(37-39)18-4-6-19(7-5-18)29(42)43/h1-4,17,19-20H,5-14,16H2,(H,42,43). The number of carbonyl (C=O) groups excluding carboxylic acids is 2. The Labute approximate surface area is 251 Å². The number of halogens is 4. The van der Waals surface area contributed by atoms with E-state index in [0.29, 0.717) is 63.0 Å². The predicted molar refractivity (Wildman–Crippen MR) is 149 cm³/mol. The molecule has 1 saturated carbocycles. The summed E-state index contributed by atoms with van der Waals surface area (Å²) in [5, 5.41) is 23.3. The molecule has 3 atom stereocenters. The van der Waals surface area contributed by atoms with Gasteiger partial charge in [-0.25, -0.2) is 0 Å². The Kier molecular flexibility index (Phi) is 7.40. The summed E-state index contributed by atoms with van der Waals surface area (Å²) in [6, 6.07) is 6.32. The van der Waals surface area contributed by atoms with Crippen LogP contribution in [-0.4, -0.2) is 56.8 Å². The maximum atomic E-state index is 14.2. The number of fused-ring (bicyclic) bond motifs is 1. The lowest BCUT2D eigenvalue weighted by Crippen LogP contribution is -2.38. The average Bonchev–Trinajstić information content (AvgIpc) is 3.53. The highest BCUT2D eigenvalue weighted by molar-refractivity contribution is 6.34. The van der Waals surface area contributed by atoms with Gasteiger partial charge in [0.1, 0.15) is 0 Å². The first kappa shape index (κ1) is 29.4. The predicted octanol–water partition coefficient (Wildman–Crippen LogP) is 5.56. The molecule has 3 unspecified atom stereocenters. The van der Waals surface area contributed by atoms with E-state index in [1.807, 2.05) is 6.08 Å². The molecule has 43 heavy (non-hydrogen) atoms. The van der Waals surface area contributed by atoms with Gasteiger partial charge < -0.3 is 10.0 Å². The number of likely N-dealkylation sites (tertiary alicyclic amines) is 1. The number of allylic oxidation sites excluding steroid dienone is 2. The highest BCUT2D eigenvalue weighted by Gasteiger charge is 2.65. The second-order valence-corrected chi connectivity index (χ2v) is 12.5. The zero-order chi connectivity index (χ0) is 30.7. The smallest absolute Gasteiger partial charge is 0.398 e. The van der Waals surface area contributed by atoms with Crippen LogP contribution in [0.4, 0.5) is 13.2 Å². The maximum absolute atomic E-state index is 14.2. The fraction of sp³-hybridized carbons (Fsp3) is 0.516. The molecule has 1 aromatic carbocycles.